The second-order valence-corrected chi connectivity index (χ2v) is 8.73. The number of hydrogen-bond donors (Lipinski definition) is 1. The molecule has 0 unspecified atom stereocenters. The zero-order valence-electron chi connectivity index (χ0n) is 17.7. The van der Waals surface area contributed by atoms with Crippen LogP contribution in [0.2, 0.25) is 0 Å². The van der Waals surface area contributed by atoms with E-state index in [2.05, 4.69) is 53.6 Å². The summed E-state index contributed by atoms with van der Waals surface area (Å²) in [6.07, 6.45) is 1.05. The number of carbonyl (C=O) groups excluding carboxylic acids is 1. The summed E-state index contributed by atoms with van der Waals surface area (Å²) in [6, 6.07) is 14.4. The first-order valence-corrected chi connectivity index (χ1v) is 11.0. The molecule has 0 saturated carbocycles. The molecule has 1 heterocycles. The molecule has 1 aromatic heterocycles. The summed E-state index contributed by atoms with van der Waals surface area (Å²) in [4.78, 5) is 12.4. The number of nitrogens with one attached hydrogen (secondary N) is 1. The van der Waals surface area contributed by atoms with E-state index in [9.17, 15) is 9.18 Å². The van der Waals surface area contributed by atoms with Gasteiger partial charge in [0.25, 0.3) is 0 Å². The minimum atomic E-state index is -0.295. The van der Waals surface area contributed by atoms with Crippen molar-refractivity contribution in [2.75, 3.05) is 5.75 Å². The van der Waals surface area contributed by atoms with Crippen molar-refractivity contribution in [2.45, 2.75) is 38.4 Å². The molecule has 0 fully saturated rings. The van der Waals surface area contributed by atoms with Gasteiger partial charge in [0, 0.05) is 12.6 Å². The highest BCUT2D eigenvalue weighted by Crippen LogP contribution is 2.23. The Morgan fingerprint density at radius 2 is 1.73 bits per heavy atom. The number of amides is 1. The molecule has 0 bridgehead atoms. The Kier molecular flexibility index (Phi) is 7.26. The minimum absolute atomic E-state index is 0.0647. The van der Waals surface area contributed by atoms with Crippen LogP contribution in [0.5, 0.6) is 0 Å². The Hall–Kier alpha value is -2.67. The number of aromatic nitrogens is 3. The highest BCUT2D eigenvalue weighted by atomic mass is 32.2. The summed E-state index contributed by atoms with van der Waals surface area (Å²) < 4.78 is 14.9. The summed E-state index contributed by atoms with van der Waals surface area (Å²) in [6.45, 7) is 6.39. The maximum atomic E-state index is 13.1. The van der Waals surface area contributed by atoms with Gasteiger partial charge >= 0.3 is 0 Å². The van der Waals surface area contributed by atoms with Crippen molar-refractivity contribution in [2.24, 2.45) is 13.0 Å². The number of halogens is 1. The van der Waals surface area contributed by atoms with E-state index in [1.165, 1.54) is 29.5 Å². The lowest BCUT2D eigenvalue weighted by Crippen LogP contribution is -2.28. The van der Waals surface area contributed by atoms with Crippen molar-refractivity contribution in [3.63, 3.8) is 0 Å². The largest absolute Gasteiger partial charge is 0.349 e. The van der Waals surface area contributed by atoms with Crippen LogP contribution in [-0.4, -0.2) is 26.4 Å². The van der Waals surface area contributed by atoms with Crippen LogP contribution in [0, 0.1) is 11.7 Å². The first-order valence-electron chi connectivity index (χ1n) is 10.00. The average molecular weight is 427 g/mol. The molecule has 0 aliphatic rings. The van der Waals surface area contributed by atoms with Gasteiger partial charge in [-0.2, -0.15) is 0 Å². The second-order valence-electron chi connectivity index (χ2n) is 7.79. The van der Waals surface area contributed by atoms with E-state index in [-0.39, 0.29) is 23.5 Å². The third-order valence-corrected chi connectivity index (χ3v) is 5.79. The van der Waals surface area contributed by atoms with Gasteiger partial charge in [0.2, 0.25) is 5.91 Å². The van der Waals surface area contributed by atoms with Crippen molar-refractivity contribution in [3.05, 3.63) is 65.5 Å². The molecule has 0 aliphatic heterocycles. The van der Waals surface area contributed by atoms with Crippen LogP contribution in [0.1, 0.15) is 37.9 Å². The SMILES string of the molecule is CC(C)Cc1ccc([C@@H](C)NC(=O)CSc2nnc(-c3ccc(F)cc3)n2C)cc1. The van der Waals surface area contributed by atoms with Gasteiger partial charge in [0.1, 0.15) is 5.82 Å². The maximum absolute atomic E-state index is 13.1. The van der Waals surface area contributed by atoms with Gasteiger partial charge in [0.05, 0.1) is 11.8 Å². The number of rotatable bonds is 8. The van der Waals surface area contributed by atoms with E-state index in [1.54, 1.807) is 12.1 Å². The Morgan fingerprint density at radius 1 is 1.07 bits per heavy atom. The molecule has 2 aromatic carbocycles. The van der Waals surface area contributed by atoms with Gasteiger partial charge < -0.3 is 9.88 Å². The zero-order chi connectivity index (χ0) is 21.7. The number of nitrogens with zero attached hydrogens (tertiary/aromatic N) is 3. The maximum Gasteiger partial charge on any atom is 0.230 e. The van der Waals surface area contributed by atoms with Crippen molar-refractivity contribution in [1.82, 2.24) is 20.1 Å². The second kappa shape index (κ2) is 9.89. The summed E-state index contributed by atoms with van der Waals surface area (Å²) in [5.74, 6) is 1.13. The number of carbonyl (C=O) groups is 1. The molecule has 1 amide bonds. The van der Waals surface area contributed by atoms with E-state index >= 15 is 0 Å². The molecular formula is C23H27FN4OS. The van der Waals surface area contributed by atoms with E-state index in [1.807, 2.05) is 18.5 Å². The Labute approximate surface area is 181 Å². The van der Waals surface area contributed by atoms with Gasteiger partial charge in [-0.15, -0.1) is 10.2 Å². The quantitative estimate of drug-likeness (QED) is 0.526. The normalized spacial score (nSPS) is 12.2. The van der Waals surface area contributed by atoms with Crippen LogP contribution in [0.3, 0.4) is 0 Å². The Balaban J connectivity index is 1.55. The standard InChI is InChI=1S/C23H27FN4OS/c1-15(2)13-17-5-7-18(8-6-17)16(3)25-21(29)14-30-23-27-26-22(28(23)4)19-9-11-20(24)12-10-19/h5-12,15-16H,13-14H2,1-4H3,(H,25,29)/t16-/m1/s1. The number of benzene rings is 2. The van der Waals surface area contributed by atoms with Crippen LogP contribution >= 0.6 is 11.8 Å². The third kappa shape index (κ3) is 5.69. The molecule has 0 radical (unpaired) electrons. The molecular weight excluding hydrogens is 399 g/mol. The average Bonchev–Trinajstić information content (AvgIpc) is 3.07. The first-order chi connectivity index (χ1) is 14.3. The number of hydrogen-bond acceptors (Lipinski definition) is 4. The summed E-state index contributed by atoms with van der Waals surface area (Å²) >= 11 is 1.32. The first kappa shape index (κ1) is 22.0. The molecule has 0 aliphatic carbocycles. The van der Waals surface area contributed by atoms with Gasteiger partial charge in [-0.05, 0) is 54.7 Å². The lowest BCUT2D eigenvalue weighted by Gasteiger charge is -2.15. The molecule has 3 aromatic rings. The Morgan fingerprint density at radius 3 is 2.37 bits per heavy atom. The van der Waals surface area contributed by atoms with Gasteiger partial charge in [-0.3, -0.25) is 4.79 Å². The van der Waals surface area contributed by atoms with E-state index in [0.29, 0.717) is 16.9 Å². The summed E-state index contributed by atoms with van der Waals surface area (Å²) in [7, 11) is 1.83. The van der Waals surface area contributed by atoms with Gasteiger partial charge in [-0.25, -0.2) is 4.39 Å². The van der Waals surface area contributed by atoms with E-state index < -0.39 is 0 Å². The predicted octanol–water partition coefficient (Wildman–Crippen LogP) is 4.79. The van der Waals surface area contributed by atoms with Gasteiger partial charge in [0.15, 0.2) is 11.0 Å². The molecule has 5 nitrogen and oxygen atoms in total. The molecule has 3 rings (SSSR count). The topological polar surface area (TPSA) is 59.8 Å². The Bertz CT molecular complexity index is 983. The monoisotopic (exact) mass is 426 g/mol. The smallest absolute Gasteiger partial charge is 0.230 e. The lowest BCUT2D eigenvalue weighted by atomic mass is 10.00. The van der Waals surface area contributed by atoms with Crippen molar-refractivity contribution in [3.8, 4) is 11.4 Å². The summed E-state index contributed by atoms with van der Waals surface area (Å²) in [5, 5.41) is 12.0. The molecule has 1 N–H and O–H groups in total. The zero-order valence-corrected chi connectivity index (χ0v) is 18.5. The van der Waals surface area contributed by atoms with E-state index in [0.717, 1.165) is 17.5 Å². The van der Waals surface area contributed by atoms with Crippen molar-refractivity contribution in [1.29, 1.82) is 0 Å². The molecule has 30 heavy (non-hydrogen) atoms. The number of thioether (sulfide) groups is 1. The fourth-order valence-electron chi connectivity index (χ4n) is 3.20. The van der Waals surface area contributed by atoms with Crippen molar-refractivity contribution < 1.29 is 9.18 Å². The molecule has 1 atom stereocenters. The van der Waals surface area contributed by atoms with E-state index in [4.69, 9.17) is 0 Å². The molecule has 7 heteroatoms. The van der Waals surface area contributed by atoms with Crippen LogP contribution in [0.15, 0.2) is 53.7 Å². The van der Waals surface area contributed by atoms with Crippen molar-refractivity contribution >= 4 is 17.7 Å². The highest BCUT2D eigenvalue weighted by Gasteiger charge is 2.15. The predicted molar refractivity (Wildman–Crippen MR) is 119 cm³/mol. The van der Waals surface area contributed by atoms with Crippen LogP contribution in [0.25, 0.3) is 11.4 Å². The van der Waals surface area contributed by atoms with Gasteiger partial charge in [-0.1, -0.05) is 49.9 Å². The minimum Gasteiger partial charge on any atom is -0.349 e. The molecule has 0 spiro atoms. The van der Waals surface area contributed by atoms with Crippen LogP contribution < -0.4 is 5.32 Å². The van der Waals surface area contributed by atoms with Crippen LogP contribution in [-0.2, 0) is 18.3 Å². The lowest BCUT2D eigenvalue weighted by molar-refractivity contribution is -0.119. The third-order valence-electron chi connectivity index (χ3n) is 4.77. The summed E-state index contributed by atoms with van der Waals surface area (Å²) in [5.41, 5.74) is 3.16. The molecule has 0 saturated heterocycles. The highest BCUT2D eigenvalue weighted by molar-refractivity contribution is 7.99. The fraction of sp³-hybridized carbons (Fsp3) is 0.348. The fourth-order valence-corrected chi connectivity index (χ4v) is 3.92. The van der Waals surface area contributed by atoms with Crippen LogP contribution in [0.4, 0.5) is 4.39 Å². The molecule has 158 valence electrons.